The van der Waals surface area contributed by atoms with Crippen LogP contribution < -0.4 is 5.32 Å². The fourth-order valence-electron chi connectivity index (χ4n) is 4.32. The molecule has 3 heterocycles. The number of amides is 2. The number of benzene rings is 1. The van der Waals surface area contributed by atoms with Gasteiger partial charge in [0.05, 0.1) is 5.92 Å². The zero-order valence-electron chi connectivity index (χ0n) is 18.6. The van der Waals surface area contributed by atoms with Crippen LogP contribution in [0.5, 0.6) is 0 Å². The summed E-state index contributed by atoms with van der Waals surface area (Å²) in [5, 5.41) is 2.92. The largest absolute Gasteiger partial charge is 0.356 e. The number of aromatic amines is 1. The Morgan fingerprint density at radius 3 is 2.50 bits per heavy atom. The maximum Gasteiger partial charge on any atom is 0.270 e. The molecule has 2 aliphatic rings. The van der Waals surface area contributed by atoms with Crippen LogP contribution in [0, 0.1) is 19.8 Å². The lowest BCUT2D eigenvalue weighted by Crippen LogP contribution is -2.43. The number of likely N-dealkylation sites (tertiary alicyclic amines) is 1. The van der Waals surface area contributed by atoms with Crippen molar-refractivity contribution >= 4 is 27.5 Å². The van der Waals surface area contributed by atoms with Gasteiger partial charge in [-0.3, -0.25) is 9.59 Å². The third-order valence-corrected chi connectivity index (χ3v) is 8.29. The molecule has 1 atom stereocenters. The van der Waals surface area contributed by atoms with Gasteiger partial charge in [-0.05, 0) is 68.9 Å². The molecule has 8 nitrogen and oxygen atoms in total. The summed E-state index contributed by atoms with van der Waals surface area (Å²) < 4.78 is 27.8. The molecular formula is C23H30N4O4S. The maximum absolute atomic E-state index is 13.2. The van der Waals surface area contributed by atoms with Gasteiger partial charge in [-0.1, -0.05) is 6.07 Å². The van der Waals surface area contributed by atoms with Crippen LogP contribution in [-0.2, 0) is 14.8 Å². The number of piperidine rings is 1. The molecule has 2 N–H and O–H groups in total. The van der Waals surface area contributed by atoms with E-state index in [-0.39, 0.29) is 28.9 Å². The van der Waals surface area contributed by atoms with Crippen LogP contribution in [0.15, 0.2) is 35.4 Å². The van der Waals surface area contributed by atoms with Gasteiger partial charge in [-0.25, -0.2) is 8.42 Å². The Morgan fingerprint density at radius 1 is 1.03 bits per heavy atom. The minimum absolute atomic E-state index is 0.0651. The number of carbonyl (C=O) groups is 2. The standard InChI is InChI=1S/C23H30N4O4S/c1-16-7-8-19(12-17(16)2)25-22(28)18-6-5-11-27(15-18)32(30,31)20-13-21(24-14-20)23(29)26-9-3-4-10-26/h7-8,12-14,18,24H,3-6,9-11,15H2,1-2H3,(H,25,28)/t18-/m0/s1. The van der Waals surface area contributed by atoms with Crippen LogP contribution >= 0.6 is 0 Å². The first kappa shape index (κ1) is 22.5. The SMILES string of the molecule is Cc1ccc(NC(=O)[C@H]2CCCN(S(=O)(=O)c3c[nH]c(C(=O)N4CCCC4)c3)C2)cc1C. The lowest BCUT2D eigenvalue weighted by atomic mass is 9.98. The molecular weight excluding hydrogens is 428 g/mol. The van der Waals surface area contributed by atoms with Crippen molar-refractivity contribution in [1.29, 1.82) is 0 Å². The van der Waals surface area contributed by atoms with E-state index in [0.29, 0.717) is 38.2 Å². The number of hydrogen-bond donors (Lipinski definition) is 2. The molecule has 0 bridgehead atoms. The van der Waals surface area contributed by atoms with Crippen molar-refractivity contribution in [3.63, 3.8) is 0 Å². The van der Waals surface area contributed by atoms with Crippen LogP contribution in [0.2, 0.25) is 0 Å². The number of nitrogens with one attached hydrogen (secondary N) is 2. The van der Waals surface area contributed by atoms with E-state index in [9.17, 15) is 18.0 Å². The van der Waals surface area contributed by atoms with E-state index in [1.807, 2.05) is 32.0 Å². The number of H-pyrrole nitrogens is 1. The summed E-state index contributed by atoms with van der Waals surface area (Å²) in [6, 6.07) is 7.14. The summed E-state index contributed by atoms with van der Waals surface area (Å²) in [6.45, 7) is 5.87. The number of sulfonamides is 1. The summed E-state index contributed by atoms with van der Waals surface area (Å²) in [5.41, 5.74) is 3.23. The van der Waals surface area contributed by atoms with Gasteiger partial charge in [0.25, 0.3) is 5.91 Å². The fourth-order valence-corrected chi connectivity index (χ4v) is 5.84. The van der Waals surface area contributed by atoms with Gasteiger partial charge in [-0.2, -0.15) is 4.31 Å². The predicted molar refractivity (Wildman–Crippen MR) is 122 cm³/mol. The topological polar surface area (TPSA) is 103 Å². The van der Waals surface area contributed by atoms with E-state index in [0.717, 1.165) is 24.0 Å². The predicted octanol–water partition coefficient (Wildman–Crippen LogP) is 2.91. The normalized spacial score (nSPS) is 19.8. The van der Waals surface area contributed by atoms with Crippen LogP contribution in [0.4, 0.5) is 5.69 Å². The third-order valence-electron chi connectivity index (χ3n) is 6.45. The van der Waals surface area contributed by atoms with Gasteiger partial charge < -0.3 is 15.2 Å². The number of nitrogens with zero attached hydrogens (tertiary/aromatic N) is 2. The van der Waals surface area contributed by atoms with E-state index in [2.05, 4.69) is 10.3 Å². The Bertz CT molecular complexity index is 1120. The summed E-state index contributed by atoms with van der Waals surface area (Å²) in [5.74, 6) is -0.773. The van der Waals surface area contributed by atoms with Gasteiger partial charge in [0.2, 0.25) is 15.9 Å². The van der Waals surface area contributed by atoms with Crippen molar-refractivity contribution in [1.82, 2.24) is 14.2 Å². The second kappa shape index (κ2) is 9.07. The van der Waals surface area contributed by atoms with E-state index in [1.54, 1.807) is 4.90 Å². The molecule has 2 aromatic rings. The molecule has 2 fully saturated rings. The van der Waals surface area contributed by atoms with Gasteiger partial charge in [0.1, 0.15) is 10.6 Å². The first-order valence-electron chi connectivity index (χ1n) is 11.1. The van der Waals surface area contributed by atoms with Crippen LogP contribution in [0.25, 0.3) is 0 Å². The average Bonchev–Trinajstić information content (AvgIpc) is 3.49. The lowest BCUT2D eigenvalue weighted by molar-refractivity contribution is -0.120. The zero-order valence-corrected chi connectivity index (χ0v) is 19.4. The van der Waals surface area contributed by atoms with Crippen molar-refractivity contribution < 1.29 is 18.0 Å². The molecule has 0 unspecified atom stereocenters. The van der Waals surface area contributed by atoms with Crippen molar-refractivity contribution in [2.75, 3.05) is 31.5 Å². The van der Waals surface area contributed by atoms with Crippen molar-refractivity contribution in [3.8, 4) is 0 Å². The fraction of sp³-hybridized carbons (Fsp3) is 0.478. The number of aryl methyl sites for hydroxylation is 2. The van der Waals surface area contributed by atoms with Crippen LogP contribution in [-0.4, -0.2) is 60.6 Å². The number of aromatic nitrogens is 1. The van der Waals surface area contributed by atoms with Gasteiger partial charge >= 0.3 is 0 Å². The number of anilines is 1. The van der Waals surface area contributed by atoms with Crippen molar-refractivity contribution in [3.05, 3.63) is 47.3 Å². The molecule has 0 aliphatic carbocycles. The van der Waals surface area contributed by atoms with E-state index in [1.165, 1.54) is 16.6 Å². The summed E-state index contributed by atoms with van der Waals surface area (Å²) >= 11 is 0. The molecule has 2 aliphatic heterocycles. The summed E-state index contributed by atoms with van der Waals surface area (Å²) in [4.78, 5) is 30.0. The number of hydrogen-bond acceptors (Lipinski definition) is 4. The van der Waals surface area contributed by atoms with Gasteiger partial charge in [0.15, 0.2) is 0 Å². The molecule has 1 aromatic heterocycles. The maximum atomic E-state index is 13.2. The Morgan fingerprint density at radius 2 is 1.78 bits per heavy atom. The molecule has 4 rings (SSSR count). The summed E-state index contributed by atoms with van der Waals surface area (Å²) in [7, 11) is -3.80. The molecule has 32 heavy (non-hydrogen) atoms. The smallest absolute Gasteiger partial charge is 0.270 e. The molecule has 0 radical (unpaired) electrons. The Balaban J connectivity index is 1.44. The highest BCUT2D eigenvalue weighted by molar-refractivity contribution is 7.89. The minimum atomic E-state index is -3.80. The second-order valence-corrected chi connectivity index (χ2v) is 10.7. The molecule has 2 saturated heterocycles. The first-order chi connectivity index (χ1) is 15.3. The lowest BCUT2D eigenvalue weighted by Gasteiger charge is -2.31. The van der Waals surface area contributed by atoms with Crippen LogP contribution in [0.1, 0.15) is 47.3 Å². The molecule has 0 saturated carbocycles. The Kier molecular flexibility index (Phi) is 6.39. The molecule has 0 spiro atoms. The minimum Gasteiger partial charge on any atom is -0.356 e. The Hall–Kier alpha value is -2.65. The molecule has 2 amide bonds. The van der Waals surface area contributed by atoms with Crippen LogP contribution in [0.3, 0.4) is 0 Å². The summed E-state index contributed by atoms with van der Waals surface area (Å²) in [6.07, 6.45) is 4.55. The quantitative estimate of drug-likeness (QED) is 0.719. The first-order valence-corrected chi connectivity index (χ1v) is 12.6. The van der Waals surface area contributed by atoms with Crippen molar-refractivity contribution in [2.45, 2.75) is 44.4 Å². The second-order valence-electron chi connectivity index (χ2n) is 8.74. The highest BCUT2D eigenvalue weighted by atomic mass is 32.2. The average molecular weight is 459 g/mol. The van der Waals surface area contributed by atoms with Gasteiger partial charge in [-0.15, -0.1) is 0 Å². The van der Waals surface area contributed by atoms with Crippen molar-refractivity contribution in [2.24, 2.45) is 5.92 Å². The molecule has 9 heteroatoms. The monoisotopic (exact) mass is 458 g/mol. The highest BCUT2D eigenvalue weighted by Crippen LogP contribution is 2.26. The molecule has 172 valence electrons. The third kappa shape index (κ3) is 4.59. The number of carbonyl (C=O) groups excluding carboxylic acids is 2. The zero-order chi connectivity index (χ0) is 22.9. The van der Waals surface area contributed by atoms with E-state index >= 15 is 0 Å². The Labute approximate surface area is 189 Å². The molecule has 1 aromatic carbocycles. The van der Waals surface area contributed by atoms with E-state index in [4.69, 9.17) is 0 Å². The van der Waals surface area contributed by atoms with Gasteiger partial charge in [0, 0.05) is 38.1 Å². The van der Waals surface area contributed by atoms with E-state index < -0.39 is 15.9 Å². The highest BCUT2D eigenvalue weighted by Gasteiger charge is 2.34. The number of rotatable bonds is 5.